The van der Waals surface area contributed by atoms with E-state index in [0.717, 1.165) is 12.4 Å². The number of tetrazole rings is 1. The number of rotatable bonds is 4. The highest BCUT2D eigenvalue weighted by molar-refractivity contribution is 4.92. The summed E-state index contributed by atoms with van der Waals surface area (Å²) in [6, 6.07) is 0.212. The lowest BCUT2D eigenvalue weighted by Gasteiger charge is -2.38. The van der Waals surface area contributed by atoms with Gasteiger partial charge in [-0.1, -0.05) is 13.3 Å². The van der Waals surface area contributed by atoms with E-state index >= 15 is 0 Å². The normalized spacial score (nSPS) is 21.0. The van der Waals surface area contributed by atoms with E-state index in [-0.39, 0.29) is 6.04 Å². The molecule has 0 saturated heterocycles. The maximum absolute atomic E-state index is 4.07. The molecular formula is C10H19N5. The fourth-order valence-electron chi connectivity index (χ4n) is 2.06. The van der Waals surface area contributed by atoms with Crippen LogP contribution < -0.4 is 5.32 Å². The molecule has 1 aliphatic carbocycles. The minimum absolute atomic E-state index is 0.212. The van der Waals surface area contributed by atoms with Gasteiger partial charge in [-0.25, -0.2) is 4.68 Å². The molecule has 0 bridgehead atoms. The average Bonchev–Trinajstić information content (AvgIpc) is 2.62. The van der Waals surface area contributed by atoms with Gasteiger partial charge in [-0.2, -0.15) is 0 Å². The van der Waals surface area contributed by atoms with E-state index in [1.807, 2.05) is 11.7 Å². The van der Waals surface area contributed by atoms with Crippen LogP contribution in [0.2, 0.25) is 0 Å². The number of hydrogen-bond donors (Lipinski definition) is 1. The lowest BCUT2D eigenvalue weighted by Crippen LogP contribution is -2.32. The van der Waals surface area contributed by atoms with Crippen molar-refractivity contribution >= 4 is 0 Å². The molecule has 0 spiro atoms. The molecule has 1 unspecified atom stereocenters. The Bertz CT molecular complexity index is 328. The van der Waals surface area contributed by atoms with Crippen molar-refractivity contribution in [2.75, 3.05) is 7.05 Å². The number of nitrogens with one attached hydrogen (secondary N) is 1. The van der Waals surface area contributed by atoms with Crippen molar-refractivity contribution in [2.24, 2.45) is 5.41 Å². The molecule has 1 N–H and O–H groups in total. The summed E-state index contributed by atoms with van der Waals surface area (Å²) in [5.74, 6) is 0.936. The molecule has 15 heavy (non-hydrogen) atoms. The van der Waals surface area contributed by atoms with Crippen molar-refractivity contribution in [3.63, 3.8) is 0 Å². The standard InChI is InChI=1S/C10H19N5/c1-8(11-3)9-12-13-14-15(9)7-10(2)5-4-6-10/h8,11H,4-7H2,1-3H3. The smallest absolute Gasteiger partial charge is 0.167 e. The van der Waals surface area contributed by atoms with Crippen LogP contribution in [0.1, 0.15) is 45.0 Å². The van der Waals surface area contributed by atoms with Gasteiger partial charge in [0, 0.05) is 0 Å². The lowest BCUT2D eigenvalue weighted by atomic mass is 9.70. The summed E-state index contributed by atoms with van der Waals surface area (Å²) in [6.45, 7) is 5.33. The minimum atomic E-state index is 0.212. The Hall–Kier alpha value is -0.970. The molecule has 1 aromatic heterocycles. The van der Waals surface area contributed by atoms with Crippen LogP contribution in [-0.2, 0) is 6.54 Å². The molecule has 1 heterocycles. The molecule has 0 aromatic carbocycles. The molecule has 1 saturated carbocycles. The summed E-state index contributed by atoms with van der Waals surface area (Å²) in [5.41, 5.74) is 0.414. The molecule has 1 fully saturated rings. The van der Waals surface area contributed by atoms with Gasteiger partial charge in [0.25, 0.3) is 0 Å². The van der Waals surface area contributed by atoms with Crippen LogP contribution in [0, 0.1) is 5.41 Å². The van der Waals surface area contributed by atoms with Gasteiger partial charge in [0.2, 0.25) is 0 Å². The summed E-state index contributed by atoms with van der Waals surface area (Å²) < 4.78 is 1.94. The molecule has 0 aliphatic heterocycles. The van der Waals surface area contributed by atoms with Gasteiger partial charge in [0.05, 0.1) is 12.6 Å². The summed E-state index contributed by atoms with van der Waals surface area (Å²) in [5, 5.41) is 15.1. The van der Waals surface area contributed by atoms with Crippen molar-refractivity contribution in [1.82, 2.24) is 25.5 Å². The van der Waals surface area contributed by atoms with E-state index in [1.54, 1.807) is 0 Å². The van der Waals surface area contributed by atoms with Gasteiger partial charge in [0.15, 0.2) is 5.82 Å². The minimum Gasteiger partial charge on any atom is -0.311 e. The summed E-state index contributed by atoms with van der Waals surface area (Å²) in [6.07, 6.45) is 3.93. The molecule has 84 valence electrons. The molecular weight excluding hydrogens is 190 g/mol. The van der Waals surface area contributed by atoms with Gasteiger partial charge < -0.3 is 5.32 Å². The van der Waals surface area contributed by atoms with Crippen molar-refractivity contribution in [3.05, 3.63) is 5.82 Å². The summed E-state index contributed by atoms with van der Waals surface area (Å²) in [7, 11) is 1.93. The van der Waals surface area contributed by atoms with Crippen LogP contribution in [0.5, 0.6) is 0 Å². The van der Waals surface area contributed by atoms with Crippen molar-refractivity contribution in [2.45, 2.75) is 45.7 Å². The van der Waals surface area contributed by atoms with Crippen LogP contribution in [0.15, 0.2) is 0 Å². The number of aromatic nitrogens is 4. The maximum atomic E-state index is 4.07. The van der Waals surface area contributed by atoms with E-state index in [1.165, 1.54) is 19.3 Å². The zero-order valence-corrected chi connectivity index (χ0v) is 9.69. The third-order valence-electron chi connectivity index (χ3n) is 3.47. The van der Waals surface area contributed by atoms with Crippen LogP contribution in [0.3, 0.4) is 0 Å². The second kappa shape index (κ2) is 3.89. The first-order chi connectivity index (χ1) is 7.14. The predicted molar refractivity (Wildman–Crippen MR) is 57.2 cm³/mol. The van der Waals surface area contributed by atoms with E-state index in [2.05, 4.69) is 34.7 Å². The first-order valence-electron chi connectivity index (χ1n) is 5.58. The molecule has 1 aromatic rings. The Morgan fingerprint density at radius 3 is 2.80 bits per heavy atom. The first kappa shape index (κ1) is 10.5. The van der Waals surface area contributed by atoms with E-state index in [9.17, 15) is 0 Å². The van der Waals surface area contributed by atoms with Crippen LogP contribution in [0.25, 0.3) is 0 Å². The number of nitrogens with zero attached hydrogens (tertiary/aromatic N) is 4. The van der Waals surface area contributed by atoms with Gasteiger partial charge in [0.1, 0.15) is 0 Å². The first-order valence-corrected chi connectivity index (χ1v) is 5.58. The Balaban J connectivity index is 2.10. The zero-order valence-electron chi connectivity index (χ0n) is 9.69. The van der Waals surface area contributed by atoms with Gasteiger partial charge in [-0.15, -0.1) is 5.10 Å². The maximum Gasteiger partial charge on any atom is 0.167 e. The van der Waals surface area contributed by atoms with E-state index < -0.39 is 0 Å². The highest BCUT2D eigenvalue weighted by Gasteiger charge is 2.33. The van der Waals surface area contributed by atoms with Crippen LogP contribution in [0.4, 0.5) is 0 Å². The number of hydrogen-bond acceptors (Lipinski definition) is 4. The van der Waals surface area contributed by atoms with E-state index in [4.69, 9.17) is 0 Å². The topological polar surface area (TPSA) is 55.6 Å². The van der Waals surface area contributed by atoms with Crippen LogP contribution in [-0.4, -0.2) is 27.3 Å². The van der Waals surface area contributed by atoms with Gasteiger partial charge in [-0.05, 0) is 42.7 Å². The molecule has 2 rings (SSSR count). The Labute approximate surface area is 90.2 Å². The second-order valence-corrected chi connectivity index (χ2v) is 4.87. The molecule has 5 nitrogen and oxygen atoms in total. The monoisotopic (exact) mass is 209 g/mol. The van der Waals surface area contributed by atoms with Crippen molar-refractivity contribution in [3.8, 4) is 0 Å². The third kappa shape index (κ3) is 2.02. The molecule has 1 aliphatic rings. The predicted octanol–water partition coefficient (Wildman–Crippen LogP) is 1.14. The highest BCUT2D eigenvalue weighted by Crippen LogP contribution is 2.41. The summed E-state index contributed by atoms with van der Waals surface area (Å²) >= 11 is 0. The SMILES string of the molecule is CNC(C)c1nnnn1CC1(C)CCC1. The second-order valence-electron chi connectivity index (χ2n) is 4.87. The van der Waals surface area contributed by atoms with Crippen LogP contribution >= 0.6 is 0 Å². The van der Waals surface area contributed by atoms with Crippen molar-refractivity contribution in [1.29, 1.82) is 0 Å². The third-order valence-corrected chi connectivity index (χ3v) is 3.47. The largest absolute Gasteiger partial charge is 0.311 e. The summed E-state index contributed by atoms with van der Waals surface area (Å²) in [4.78, 5) is 0. The fourth-order valence-corrected chi connectivity index (χ4v) is 2.06. The quantitative estimate of drug-likeness (QED) is 0.808. The lowest BCUT2D eigenvalue weighted by molar-refractivity contribution is 0.122. The van der Waals surface area contributed by atoms with Crippen molar-refractivity contribution < 1.29 is 0 Å². The highest BCUT2D eigenvalue weighted by atomic mass is 15.5. The average molecular weight is 209 g/mol. The fraction of sp³-hybridized carbons (Fsp3) is 0.900. The van der Waals surface area contributed by atoms with Gasteiger partial charge >= 0.3 is 0 Å². The Morgan fingerprint density at radius 1 is 1.53 bits per heavy atom. The Morgan fingerprint density at radius 2 is 2.27 bits per heavy atom. The molecule has 0 radical (unpaired) electrons. The molecule has 0 amide bonds. The van der Waals surface area contributed by atoms with E-state index in [0.29, 0.717) is 5.41 Å². The molecule has 1 atom stereocenters. The van der Waals surface area contributed by atoms with Gasteiger partial charge in [-0.3, -0.25) is 0 Å². The molecule has 5 heteroatoms. The zero-order chi connectivity index (χ0) is 10.9. The Kier molecular flexibility index (Phi) is 2.73.